The monoisotopic (exact) mass is 299 g/mol. The van der Waals surface area contributed by atoms with E-state index >= 15 is 0 Å². The quantitative estimate of drug-likeness (QED) is 0.878. The van der Waals surface area contributed by atoms with Crippen LogP contribution >= 0.6 is 11.6 Å². The van der Waals surface area contributed by atoms with Crippen molar-refractivity contribution < 1.29 is 13.6 Å². The molecule has 1 aromatic carbocycles. The minimum Gasteiger partial charge on any atom is -0.325 e. The van der Waals surface area contributed by atoms with E-state index in [2.05, 4.69) is 10.3 Å². The Labute approximate surface area is 119 Å². The molecular formula is C13H12ClF2N3O. The van der Waals surface area contributed by atoms with Crippen LogP contribution in [-0.2, 0) is 4.79 Å². The number of imidazole rings is 1. The van der Waals surface area contributed by atoms with Gasteiger partial charge in [-0.25, -0.2) is 4.98 Å². The maximum absolute atomic E-state index is 12.7. The number of rotatable bonds is 4. The van der Waals surface area contributed by atoms with Crippen LogP contribution in [0, 0.1) is 0 Å². The minimum absolute atomic E-state index is 0.170. The number of carbonyl (C=O) groups is 1. The molecule has 20 heavy (non-hydrogen) atoms. The molecule has 0 spiro atoms. The number of amides is 1. The second kappa shape index (κ2) is 6.00. The van der Waals surface area contributed by atoms with Crippen LogP contribution in [0.15, 0.2) is 36.7 Å². The second-order valence-electron chi connectivity index (χ2n) is 4.12. The van der Waals surface area contributed by atoms with E-state index < -0.39 is 11.9 Å². The summed E-state index contributed by atoms with van der Waals surface area (Å²) in [5.41, 5.74) is 1.08. The van der Waals surface area contributed by atoms with Crippen LogP contribution in [0.1, 0.15) is 13.5 Å². The molecule has 0 aliphatic heterocycles. The summed E-state index contributed by atoms with van der Waals surface area (Å²) >= 11 is 5.64. The van der Waals surface area contributed by atoms with Crippen molar-refractivity contribution in [3.05, 3.63) is 36.7 Å². The molecule has 7 heteroatoms. The van der Waals surface area contributed by atoms with Crippen LogP contribution in [0.3, 0.4) is 0 Å². The Hall–Kier alpha value is -1.95. The zero-order valence-electron chi connectivity index (χ0n) is 10.6. The highest BCUT2D eigenvalue weighted by Crippen LogP contribution is 2.24. The SMILES string of the molecule is CC(Cl)C(=O)Nc1ccc(-c2nccn2C(F)F)cc1. The third-order valence-corrected chi connectivity index (χ3v) is 2.85. The summed E-state index contributed by atoms with van der Waals surface area (Å²) in [7, 11) is 0. The molecule has 0 bridgehead atoms. The van der Waals surface area contributed by atoms with Crippen LogP contribution in [0.5, 0.6) is 0 Å². The zero-order valence-corrected chi connectivity index (χ0v) is 11.3. The molecule has 106 valence electrons. The van der Waals surface area contributed by atoms with E-state index in [4.69, 9.17) is 11.6 Å². The number of anilines is 1. The third kappa shape index (κ3) is 3.14. The standard InChI is InChI=1S/C13H12ClF2N3O/c1-8(14)12(20)18-10-4-2-9(3-5-10)11-17-6-7-19(11)13(15)16/h2-8,13H,1H3,(H,18,20). The lowest BCUT2D eigenvalue weighted by Crippen LogP contribution is -2.20. The molecule has 1 aromatic heterocycles. The average molecular weight is 300 g/mol. The Bertz CT molecular complexity index is 596. The van der Waals surface area contributed by atoms with Gasteiger partial charge in [0.05, 0.1) is 0 Å². The van der Waals surface area contributed by atoms with Crippen molar-refractivity contribution in [3.63, 3.8) is 0 Å². The summed E-state index contributed by atoms with van der Waals surface area (Å²) in [6.07, 6.45) is 2.53. The van der Waals surface area contributed by atoms with E-state index in [1.807, 2.05) is 0 Å². The van der Waals surface area contributed by atoms with E-state index in [1.165, 1.54) is 12.4 Å². The molecule has 0 saturated heterocycles. The Morgan fingerprint density at radius 2 is 2.00 bits per heavy atom. The number of aromatic nitrogens is 2. The van der Waals surface area contributed by atoms with Crippen molar-refractivity contribution in [3.8, 4) is 11.4 Å². The summed E-state index contributed by atoms with van der Waals surface area (Å²) in [6.45, 7) is -1.09. The number of benzene rings is 1. The highest BCUT2D eigenvalue weighted by molar-refractivity contribution is 6.32. The molecule has 4 nitrogen and oxygen atoms in total. The first-order valence-corrected chi connectivity index (χ1v) is 6.29. The van der Waals surface area contributed by atoms with Crippen molar-refractivity contribution in [2.45, 2.75) is 18.9 Å². The molecule has 0 radical (unpaired) electrons. The lowest BCUT2D eigenvalue weighted by molar-refractivity contribution is -0.115. The van der Waals surface area contributed by atoms with Gasteiger partial charge in [0, 0.05) is 23.6 Å². The van der Waals surface area contributed by atoms with Crippen LogP contribution in [0.2, 0.25) is 0 Å². The Morgan fingerprint density at radius 3 is 2.55 bits per heavy atom. The van der Waals surface area contributed by atoms with Crippen LogP contribution in [0.4, 0.5) is 14.5 Å². The van der Waals surface area contributed by atoms with Crippen LogP contribution < -0.4 is 5.32 Å². The fourth-order valence-corrected chi connectivity index (χ4v) is 1.69. The Morgan fingerprint density at radius 1 is 1.35 bits per heavy atom. The first-order chi connectivity index (χ1) is 9.49. The molecule has 1 atom stereocenters. The molecule has 1 N–H and O–H groups in total. The molecule has 1 heterocycles. The maximum atomic E-state index is 12.7. The number of carbonyl (C=O) groups excluding carboxylic acids is 1. The van der Waals surface area contributed by atoms with E-state index in [-0.39, 0.29) is 11.7 Å². The Kier molecular flexibility index (Phi) is 4.34. The van der Waals surface area contributed by atoms with Gasteiger partial charge in [0.1, 0.15) is 11.2 Å². The van der Waals surface area contributed by atoms with Crippen molar-refractivity contribution in [1.82, 2.24) is 9.55 Å². The molecule has 1 unspecified atom stereocenters. The molecule has 2 aromatic rings. The molecular weight excluding hydrogens is 288 g/mol. The normalized spacial score (nSPS) is 12.4. The van der Waals surface area contributed by atoms with Crippen molar-refractivity contribution in [2.75, 3.05) is 5.32 Å². The van der Waals surface area contributed by atoms with Crippen molar-refractivity contribution in [1.29, 1.82) is 0 Å². The van der Waals surface area contributed by atoms with Gasteiger partial charge in [0.25, 0.3) is 0 Å². The van der Waals surface area contributed by atoms with Gasteiger partial charge in [0.2, 0.25) is 5.91 Å². The van der Waals surface area contributed by atoms with Crippen LogP contribution in [0.25, 0.3) is 11.4 Å². The predicted octanol–water partition coefficient (Wildman–Crippen LogP) is 3.51. The second-order valence-corrected chi connectivity index (χ2v) is 4.77. The largest absolute Gasteiger partial charge is 0.325 e. The lowest BCUT2D eigenvalue weighted by Gasteiger charge is -2.09. The van der Waals surface area contributed by atoms with E-state index in [9.17, 15) is 13.6 Å². The predicted molar refractivity (Wildman–Crippen MR) is 72.9 cm³/mol. The summed E-state index contributed by atoms with van der Waals surface area (Å²) in [5.74, 6) is -0.155. The van der Waals surface area contributed by atoms with Gasteiger partial charge < -0.3 is 5.32 Å². The van der Waals surface area contributed by atoms with Crippen molar-refractivity contribution in [2.24, 2.45) is 0 Å². The van der Waals surface area contributed by atoms with Gasteiger partial charge in [-0.15, -0.1) is 11.6 Å². The smallest absolute Gasteiger partial charge is 0.320 e. The van der Waals surface area contributed by atoms with Gasteiger partial charge in [-0.3, -0.25) is 9.36 Å². The molecule has 1 amide bonds. The maximum Gasteiger partial charge on any atom is 0.320 e. The number of nitrogens with one attached hydrogen (secondary N) is 1. The fourth-order valence-electron chi connectivity index (χ4n) is 1.64. The fraction of sp³-hybridized carbons (Fsp3) is 0.231. The third-order valence-electron chi connectivity index (χ3n) is 2.65. The molecule has 2 rings (SSSR count). The summed E-state index contributed by atoms with van der Waals surface area (Å²) in [5, 5.41) is 1.96. The summed E-state index contributed by atoms with van der Waals surface area (Å²) in [6, 6.07) is 6.43. The van der Waals surface area contributed by atoms with E-state index in [0.717, 1.165) is 4.57 Å². The molecule has 0 aliphatic carbocycles. The van der Waals surface area contributed by atoms with E-state index in [0.29, 0.717) is 11.3 Å². The van der Waals surface area contributed by atoms with Crippen molar-refractivity contribution >= 4 is 23.2 Å². The number of nitrogens with zero attached hydrogens (tertiary/aromatic N) is 2. The summed E-state index contributed by atoms with van der Waals surface area (Å²) in [4.78, 5) is 15.3. The van der Waals surface area contributed by atoms with Gasteiger partial charge in [0.15, 0.2) is 0 Å². The van der Waals surface area contributed by atoms with Gasteiger partial charge in [-0.2, -0.15) is 8.78 Å². The van der Waals surface area contributed by atoms with Gasteiger partial charge >= 0.3 is 6.55 Å². The summed E-state index contributed by atoms with van der Waals surface area (Å²) < 4.78 is 26.2. The number of halogens is 3. The van der Waals surface area contributed by atoms with Gasteiger partial charge in [-0.05, 0) is 31.2 Å². The highest BCUT2D eigenvalue weighted by Gasteiger charge is 2.13. The molecule has 0 saturated carbocycles. The lowest BCUT2D eigenvalue weighted by atomic mass is 10.2. The molecule has 0 fully saturated rings. The van der Waals surface area contributed by atoms with E-state index in [1.54, 1.807) is 31.2 Å². The zero-order chi connectivity index (χ0) is 14.7. The first-order valence-electron chi connectivity index (χ1n) is 5.85. The van der Waals surface area contributed by atoms with Gasteiger partial charge in [-0.1, -0.05) is 0 Å². The first kappa shape index (κ1) is 14.5. The number of alkyl halides is 3. The number of hydrogen-bond donors (Lipinski definition) is 1. The minimum atomic E-state index is -2.65. The highest BCUT2D eigenvalue weighted by atomic mass is 35.5. The number of hydrogen-bond acceptors (Lipinski definition) is 2. The van der Waals surface area contributed by atoms with Crippen LogP contribution in [-0.4, -0.2) is 20.8 Å². The average Bonchev–Trinajstić information content (AvgIpc) is 2.88. The molecule has 0 aliphatic rings. The topological polar surface area (TPSA) is 46.9 Å². The Balaban J connectivity index is 2.20.